The topological polar surface area (TPSA) is 104 Å². The van der Waals surface area contributed by atoms with Crippen molar-refractivity contribution in [1.29, 1.82) is 0 Å². The second kappa shape index (κ2) is 8.24. The molecule has 8 heteroatoms. The van der Waals surface area contributed by atoms with Crippen LogP contribution >= 0.6 is 0 Å². The maximum Gasteiger partial charge on any atom is 0.341 e. The summed E-state index contributed by atoms with van der Waals surface area (Å²) in [5, 5.41) is 0. The average molecular weight is 463 g/mol. The maximum absolute atomic E-state index is 12.9. The van der Waals surface area contributed by atoms with Gasteiger partial charge in [0.15, 0.2) is 5.60 Å². The second-order valence-corrected chi connectivity index (χ2v) is 10.2. The predicted octanol–water partition coefficient (Wildman–Crippen LogP) is 3.03. The first kappa shape index (κ1) is 24.0. The molecule has 0 aromatic heterocycles. The summed E-state index contributed by atoms with van der Waals surface area (Å²) in [5.74, 6) is -2.04. The molecule has 182 valence electrons. The molecule has 0 aromatic carbocycles. The van der Waals surface area contributed by atoms with E-state index in [0.717, 1.165) is 5.57 Å². The molecule has 0 N–H and O–H groups in total. The second-order valence-electron chi connectivity index (χ2n) is 10.2. The van der Waals surface area contributed by atoms with Gasteiger partial charge in [0.2, 0.25) is 0 Å². The van der Waals surface area contributed by atoms with Crippen molar-refractivity contribution in [3.8, 4) is 0 Å². The van der Waals surface area contributed by atoms with Gasteiger partial charge in [0, 0.05) is 18.4 Å². The van der Waals surface area contributed by atoms with Gasteiger partial charge in [-0.2, -0.15) is 0 Å². The lowest BCUT2D eigenvalue weighted by molar-refractivity contribution is -0.159. The molecular formula is C25H34O8. The fourth-order valence-corrected chi connectivity index (χ4v) is 4.70. The largest absolute Gasteiger partial charge is 0.459 e. The van der Waals surface area contributed by atoms with Gasteiger partial charge in [-0.15, -0.1) is 0 Å². The number of hydrogen-bond acceptors (Lipinski definition) is 8. The van der Waals surface area contributed by atoms with Crippen molar-refractivity contribution in [2.24, 2.45) is 11.8 Å². The zero-order chi connectivity index (χ0) is 24.3. The van der Waals surface area contributed by atoms with E-state index in [0.29, 0.717) is 19.3 Å². The normalized spacial score (nSPS) is 44.4. The van der Waals surface area contributed by atoms with Gasteiger partial charge in [-0.3, -0.25) is 4.79 Å². The van der Waals surface area contributed by atoms with Crippen LogP contribution in [-0.4, -0.2) is 59.6 Å². The standard InChI is InChI=1S/C25H34O8/c1-8-12(2)21(26)29-16-10-19-24(6,33-19)11-18(31-23(28)25(7)15(5)32-25)20-14(4)22(27)30-17(20)9-13(16)3/h9,12,15-20H,4,8,10-11H2,1-3,5-7H3/b13-9-/t12-,15+,16+,17-,18-,19-,20+,24-,25+/m1/s1. The first-order valence-electron chi connectivity index (χ1n) is 11.7. The molecule has 4 rings (SSSR count). The van der Waals surface area contributed by atoms with Crippen molar-refractivity contribution in [2.75, 3.05) is 0 Å². The Labute approximate surface area is 194 Å². The summed E-state index contributed by atoms with van der Waals surface area (Å²) in [6.45, 7) is 15.0. The van der Waals surface area contributed by atoms with Gasteiger partial charge in [0.05, 0.1) is 29.6 Å². The molecule has 0 aromatic rings. The molecule has 0 radical (unpaired) electrons. The number of rotatable bonds is 5. The molecule has 33 heavy (non-hydrogen) atoms. The molecule has 1 aliphatic carbocycles. The third kappa shape index (κ3) is 4.35. The molecule has 0 bridgehead atoms. The number of ether oxygens (including phenoxy) is 5. The van der Waals surface area contributed by atoms with Crippen molar-refractivity contribution >= 4 is 17.9 Å². The van der Waals surface area contributed by atoms with Crippen LogP contribution in [0.4, 0.5) is 0 Å². The molecular weight excluding hydrogens is 428 g/mol. The minimum absolute atomic E-state index is 0.175. The number of carbonyl (C=O) groups excluding carboxylic acids is 3. The number of carbonyl (C=O) groups is 3. The lowest BCUT2D eigenvalue weighted by atomic mass is 9.82. The summed E-state index contributed by atoms with van der Waals surface area (Å²) in [5.41, 5.74) is -0.551. The van der Waals surface area contributed by atoms with Crippen LogP contribution in [0, 0.1) is 11.8 Å². The summed E-state index contributed by atoms with van der Waals surface area (Å²) in [6.07, 6.45) is 1.06. The van der Waals surface area contributed by atoms with E-state index in [2.05, 4.69) is 6.58 Å². The number of esters is 3. The molecule has 4 aliphatic rings. The molecule has 0 unspecified atom stereocenters. The lowest BCUT2D eigenvalue weighted by Gasteiger charge is -2.30. The third-order valence-corrected chi connectivity index (χ3v) is 7.74. The van der Waals surface area contributed by atoms with Crippen molar-refractivity contribution in [2.45, 2.75) is 103 Å². The highest BCUT2D eigenvalue weighted by molar-refractivity contribution is 5.91. The first-order chi connectivity index (χ1) is 15.4. The van der Waals surface area contributed by atoms with Crippen molar-refractivity contribution in [1.82, 2.24) is 0 Å². The van der Waals surface area contributed by atoms with E-state index >= 15 is 0 Å². The number of epoxide rings is 2. The Morgan fingerprint density at radius 3 is 2.55 bits per heavy atom. The van der Waals surface area contributed by atoms with Crippen molar-refractivity contribution < 1.29 is 38.1 Å². The van der Waals surface area contributed by atoms with Crippen LogP contribution in [0.3, 0.4) is 0 Å². The summed E-state index contributed by atoms with van der Waals surface area (Å²) in [6, 6.07) is 0. The van der Waals surface area contributed by atoms with Crippen LogP contribution in [0.25, 0.3) is 0 Å². The molecule has 0 spiro atoms. The Morgan fingerprint density at radius 1 is 1.27 bits per heavy atom. The third-order valence-electron chi connectivity index (χ3n) is 7.74. The highest BCUT2D eigenvalue weighted by Crippen LogP contribution is 2.49. The Morgan fingerprint density at radius 2 is 1.94 bits per heavy atom. The average Bonchev–Trinajstić information content (AvgIpc) is 3.55. The van der Waals surface area contributed by atoms with Crippen molar-refractivity contribution in [3.63, 3.8) is 0 Å². The summed E-state index contributed by atoms with van der Waals surface area (Å²) in [7, 11) is 0. The van der Waals surface area contributed by atoms with Gasteiger partial charge in [0.1, 0.15) is 18.3 Å². The quantitative estimate of drug-likeness (QED) is 0.202. The zero-order valence-electron chi connectivity index (χ0n) is 20.2. The molecule has 3 heterocycles. The van der Waals surface area contributed by atoms with E-state index in [-0.39, 0.29) is 29.7 Å². The monoisotopic (exact) mass is 462 g/mol. The van der Waals surface area contributed by atoms with Crippen LogP contribution < -0.4 is 0 Å². The van der Waals surface area contributed by atoms with E-state index in [4.69, 9.17) is 23.7 Å². The maximum atomic E-state index is 12.9. The number of hydrogen-bond donors (Lipinski definition) is 0. The fraction of sp³-hybridized carbons (Fsp3) is 0.720. The van der Waals surface area contributed by atoms with Gasteiger partial charge in [-0.25, -0.2) is 9.59 Å². The Hall–Kier alpha value is -2.19. The van der Waals surface area contributed by atoms with Crippen LogP contribution in [-0.2, 0) is 38.1 Å². The van der Waals surface area contributed by atoms with E-state index in [1.54, 1.807) is 13.0 Å². The van der Waals surface area contributed by atoms with Gasteiger partial charge >= 0.3 is 17.9 Å². The minimum atomic E-state index is -0.985. The summed E-state index contributed by atoms with van der Waals surface area (Å²) >= 11 is 0. The Kier molecular flexibility index (Phi) is 5.98. The highest BCUT2D eigenvalue weighted by atomic mass is 16.7. The molecule has 8 nitrogen and oxygen atoms in total. The van der Waals surface area contributed by atoms with Crippen LogP contribution in [0.15, 0.2) is 23.8 Å². The molecule has 3 fully saturated rings. The molecule has 0 saturated carbocycles. The van der Waals surface area contributed by atoms with Crippen molar-refractivity contribution in [3.05, 3.63) is 23.8 Å². The number of fused-ring (bicyclic) bond motifs is 2. The smallest absolute Gasteiger partial charge is 0.341 e. The minimum Gasteiger partial charge on any atom is -0.459 e. The Balaban J connectivity index is 1.64. The Bertz CT molecular complexity index is 908. The summed E-state index contributed by atoms with van der Waals surface area (Å²) < 4.78 is 28.8. The van der Waals surface area contributed by atoms with Crippen LogP contribution in [0.2, 0.25) is 0 Å². The van der Waals surface area contributed by atoms with Crippen LogP contribution in [0.5, 0.6) is 0 Å². The summed E-state index contributed by atoms with van der Waals surface area (Å²) in [4.78, 5) is 37.8. The molecule has 0 amide bonds. The molecule has 3 aliphatic heterocycles. The zero-order valence-corrected chi connectivity index (χ0v) is 20.2. The van der Waals surface area contributed by atoms with E-state index in [1.165, 1.54) is 0 Å². The highest BCUT2D eigenvalue weighted by Gasteiger charge is 2.61. The predicted molar refractivity (Wildman–Crippen MR) is 117 cm³/mol. The van der Waals surface area contributed by atoms with E-state index in [9.17, 15) is 14.4 Å². The van der Waals surface area contributed by atoms with Gasteiger partial charge < -0.3 is 23.7 Å². The first-order valence-corrected chi connectivity index (χ1v) is 11.7. The van der Waals surface area contributed by atoms with E-state index < -0.39 is 47.4 Å². The SMILES string of the molecule is C=C1C(=O)O[C@@H]2/C=C(/C)[C@@H](OC(=O)[C@H](C)CC)C[C@H]3O[C@]3(C)C[C@@H](OC(=O)[C@@]3(C)O[C@H]3C)[C@@H]12. The fourth-order valence-electron chi connectivity index (χ4n) is 4.70. The molecule has 9 atom stereocenters. The lowest BCUT2D eigenvalue weighted by Crippen LogP contribution is -2.40. The van der Waals surface area contributed by atoms with Gasteiger partial charge in [0.25, 0.3) is 0 Å². The van der Waals surface area contributed by atoms with E-state index in [1.807, 2.05) is 34.6 Å². The van der Waals surface area contributed by atoms with Gasteiger partial charge in [-0.1, -0.05) is 20.4 Å². The van der Waals surface area contributed by atoms with Crippen LogP contribution in [0.1, 0.15) is 60.8 Å². The van der Waals surface area contributed by atoms with Gasteiger partial charge in [-0.05, 0) is 45.8 Å². The molecule has 3 saturated heterocycles.